The summed E-state index contributed by atoms with van der Waals surface area (Å²) in [6.07, 6.45) is 6.63. The van der Waals surface area contributed by atoms with Crippen molar-refractivity contribution in [3.05, 3.63) is 241 Å². The normalized spacial score (nSPS) is 25.6. The van der Waals surface area contributed by atoms with Gasteiger partial charge < -0.3 is 4.40 Å². The van der Waals surface area contributed by atoms with Crippen molar-refractivity contribution in [3.8, 4) is 22.3 Å². The van der Waals surface area contributed by atoms with Crippen LogP contribution in [0.1, 0.15) is 153 Å². The average Bonchev–Trinajstić information content (AvgIpc) is 4.13. The van der Waals surface area contributed by atoms with E-state index in [0.29, 0.717) is 0 Å². The maximum atomic E-state index is 5.74. The van der Waals surface area contributed by atoms with Gasteiger partial charge in [-0.15, -0.1) is 0 Å². The molecular weight excluding hydrogens is 835 g/mol. The largest absolute Gasteiger partial charge is 0.305 e. The number of pyridine rings is 2. The molecule has 3 heteroatoms. The molecule has 2 spiro atoms. The van der Waals surface area contributed by atoms with E-state index in [-0.39, 0.29) is 45.3 Å². The highest BCUT2D eigenvalue weighted by Gasteiger charge is 2.72. The van der Waals surface area contributed by atoms with Crippen molar-refractivity contribution < 1.29 is 0 Å². The summed E-state index contributed by atoms with van der Waals surface area (Å²) in [5.74, 6) is 1.01. The quantitative estimate of drug-likeness (QED) is 0.173. The molecule has 0 N–H and O–H groups in total. The van der Waals surface area contributed by atoms with Crippen molar-refractivity contribution in [2.75, 3.05) is 0 Å². The molecule has 0 radical (unpaired) electrons. The summed E-state index contributed by atoms with van der Waals surface area (Å²) >= 11 is 0. The van der Waals surface area contributed by atoms with E-state index in [1.807, 2.05) is 0 Å². The third kappa shape index (κ3) is 3.19. The second-order valence-corrected chi connectivity index (χ2v) is 22.8. The zero-order chi connectivity index (χ0) is 45.0. The number of benzene rings is 7. The van der Waals surface area contributed by atoms with Crippen molar-refractivity contribution in [3.63, 3.8) is 0 Å². The van der Waals surface area contributed by atoms with Crippen LogP contribution >= 0.6 is 0 Å². The Balaban J connectivity index is 1.00. The molecule has 6 unspecified atom stereocenters. The molecule has 7 aromatic carbocycles. The van der Waals surface area contributed by atoms with Crippen molar-refractivity contribution in [1.29, 1.82) is 0 Å². The van der Waals surface area contributed by atoms with E-state index in [2.05, 4.69) is 184 Å². The Morgan fingerprint density at radius 1 is 0.449 bits per heavy atom. The van der Waals surface area contributed by atoms with Crippen molar-refractivity contribution >= 4 is 38.1 Å². The molecule has 6 atom stereocenters. The van der Waals surface area contributed by atoms with E-state index in [4.69, 9.17) is 9.97 Å². The van der Waals surface area contributed by atoms with E-state index in [1.54, 1.807) is 5.56 Å². The highest BCUT2D eigenvalue weighted by Crippen LogP contribution is 2.80. The van der Waals surface area contributed by atoms with E-state index < -0.39 is 0 Å². The van der Waals surface area contributed by atoms with Gasteiger partial charge in [0.15, 0.2) is 0 Å². The minimum absolute atomic E-state index is 0.0667. The monoisotopic (exact) mass is 879 g/mol. The van der Waals surface area contributed by atoms with Crippen LogP contribution in [-0.4, -0.2) is 14.4 Å². The van der Waals surface area contributed by atoms with E-state index in [0.717, 1.165) is 12.8 Å². The van der Waals surface area contributed by atoms with Crippen LogP contribution in [0.3, 0.4) is 0 Å². The number of aromatic nitrogens is 3. The lowest BCUT2D eigenvalue weighted by Gasteiger charge is -2.58. The molecule has 69 heavy (non-hydrogen) atoms. The zero-order valence-corrected chi connectivity index (χ0v) is 39.0. The minimum atomic E-state index is -0.183. The molecule has 0 amide bonds. The van der Waals surface area contributed by atoms with Gasteiger partial charge in [-0.3, -0.25) is 9.97 Å². The van der Waals surface area contributed by atoms with Crippen LogP contribution < -0.4 is 0 Å². The van der Waals surface area contributed by atoms with Gasteiger partial charge in [-0.2, -0.15) is 0 Å². The smallest absolute Gasteiger partial charge is 0.0728 e. The maximum Gasteiger partial charge on any atom is 0.0728 e. The summed E-state index contributed by atoms with van der Waals surface area (Å²) in [6, 6.07) is 54.6. The molecule has 4 aromatic heterocycles. The van der Waals surface area contributed by atoms with Crippen LogP contribution in [0.5, 0.6) is 0 Å². The fourth-order valence-electron chi connectivity index (χ4n) is 18.4. The second-order valence-electron chi connectivity index (χ2n) is 22.8. The van der Waals surface area contributed by atoms with Gasteiger partial charge in [-0.25, -0.2) is 0 Å². The second kappa shape index (κ2) is 10.8. The number of nitrogens with zero attached hydrogens (tertiary/aromatic N) is 3. The predicted octanol–water partition coefficient (Wildman–Crippen LogP) is 14.8. The number of hydrogen-bond donors (Lipinski definition) is 0. The summed E-state index contributed by atoms with van der Waals surface area (Å²) in [5.41, 5.74) is 32.5. The number of hydrogen-bond acceptors (Lipinski definition) is 2. The topological polar surface area (TPSA) is 30.2 Å². The van der Waals surface area contributed by atoms with Gasteiger partial charge in [-0.1, -0.05) is 149 Å². The first-order valence-corrected chi connectivity index (χ1v) is 25.7. The molecule has 11 aromatic rings. The zero-order valence-electron chi connectivity index (χ0n) is 39.0. The first-order chi connectivity index (χ1) is 33.9. The molecule has 8 aliphatic carbocycles. The Labute approximate surface area is 399 Å². The van der Waals surface area contributed by atoms with Crippen LogP contribution in [-0.2, 0) is 21.7 Å². The summed E-state index contributed by atoms with van der Waals surface area (Å²) in [7, 11) is 0. The third-order valence-corrected chi connectivity index (χ3v) is 20.8. The maximum absolute atomic E-state index is 5.74. The molecule has 0 saturated heterocycles. The molecule has 19 rings (SSSR count). The SMILES string of the molecule is CCC1(CC)c2cc3c(cc2-c2cc4c5c6c(ncc5n5c7cnc8c(c7c(c21)c45)C1c2ccccc2C12c1ccccc1C82)C1c2ccccc2C12c1ccccc1C62)C(C)(C)c1ccccc1-3. The fourth-order valence-corrected chi connectivity index (χ4v) is 18.4. The predicted molar refractivity (Wildman–Crippen MR) is 276 cm³/mol. The fraction of sp³-hybridized carbons (Fsp3) is 0.212. The van der Waals surface area contributed by atoms with E-state index in [9.17, 15) is 0 Å². The lowest BCUT2D eigenvalue weighted by Crippen LogP contribution is -2.52. The molecule has 324 valence electrons. The molecule has 0 aliphatic heterocycles. The standard InChI is InChI=1S/C66H45N3/c1-5-64(6-2)47-29-37-32-17-7-12-22-41(32)63(3,4)46(37)28-38(47)39-27-40-50-48(30-67-60-52(50)56-33-18-8-13-23-42(33)65(56)44-25-15-10-20-35(44)58(60)65)69-49-31-68-61-53(51(49)54(55(39)64)62(40)69)57-34-19-9-14-24-43(34)66(57)45-26-16-11-21-36(45)59(61)66/h7-31,56-59H,5-6H2,1-4H3. The number of fused-ring (bicyclic) bond motifs is 29. The lowest BCUT2D eigenvalue weighted by atomic mass is 9.43. The summed E-state index contributed by atoms with van der Waals surface area (Å²) in [4.78, 5) is 11.4. The average molecular weight is 880 g/mol. The summed E-state index contributed by atoms with van der Waals surface area (Å²) in [5, 5.41) is 5.70. The van der Waals surface area contributed by atoms with Crippen LogP contribution in [0.25, 0.3) is 60.3 Å². The Morgan fingerprint density at radius 2 is 0.913 bits per heavy atom. The first-order valence-electron chi connectivity index (χ1n) is 25.7. The van der Waals surface area contributed by atoms with Crippen molar-refractivity contribution in [1.82, 2.24) is 14.4 Å². The highest BCUT2D eigenvalue weighted by atomic mass is 15.0. The molecule has 0 fully saturated rings. The van der Waals surface area contributed by atoms with E-state index >= 15 is 0 Å². The number of rotatable bonds is 2. The molecule has 8 aliphatic rings. The van der Waals surface area contributed by atoms with Gasteiger partial charge >= 0.3 is 0 Å². The van der Waals surface area contributed by atoms with Crippen molar-refractivity contribution in [2.24, 2.45) is 0 Å². The van der Waals surface area contributed by atoms with Gasteiger partial charge in [0.05, 0.1) is 40.3 Å². The third-order valence-electron chi connectivity index (χ3n) is 20.8. The van der Waals surface area contributed by atoms with Gasteiger partial charge in [0, 0.05) is 66.9 Å². The lowest BCUT2D eigenvalue weighted by molar-refractivity contribution is 0.331. The minimum Gasteiger partial charge on any atom is -0.305 e. The Hall–Kier alpha value is -7.36. The molecule has 3 nitrogen and oxygen atoms in total. The van der Waals surface area contributed by atoms with Crippen molar-refractivity contribution in [2.45, 2.75) is 85.9 Å². The van der Waals surface area contributed by atoms with Gasteiger partial charge in [0.1, 0.15) is 0 Å². The molecular formula is C66H45N3. The van der Waals surface area contributed by atoms with Crippen LogP contribution in [0.2, 0.25) is 0 Å². The Bertz CT molecular complexity index is 4370. The van der Waals surface area contributed by atoms with E-state index in [1.165, 1.54) is 144 Å². The summed E-state index contributed by atoms with van der Waals surface area (Å²) < 4.78 is 2.67. The Morgan fingerprint density at radius 3 is 1.48 bits per heavy atom. The molecule has 0 bridgehead atoms. The van der Waals surface area contributed by atoms with Gasteiger partial charge in [-0.05, 0) is 131 Å². The van der Waals surface area contributed by atoms with Crippen LogP contribution in [0.15, 0.2) is 152 Å². The van der Waals surface area contributed by atoms with Crippen LogP contribution in [0, 0.1) is 0 Å². The van der Waals surface area contributed by atoms with Gasteiger partial charge in [0.25, 0.3) is 0 Å². The molecule has 4 heterocycles. The van der Waals surface area contributed by atoms with Crippen LogP contribution in [0.4, 0.5) is 0 Å². The Kier molecular flexibility index (Phi) is 5.57. The molecule has 0 saturated carbocycles. The highest BCUT2D eigenvalue weighted by molar-refractivity contribution is 6.28. The van der Waals surface area contributed by atoms with Gasteiger partial charge in [0.2, 0.25) is 0 Å². The summed E-state index contributed by atoms with van der Waals surface area (Å²) in [6.45, 7) is 9.84. The first kappa shape index (κ1) is 35.7.